The summed E-state index contributed by atoms with van der Waals surface area (Å²) in [4.78, 5) is 4.30. The molecule has 84 valence electrons. The molecule has 2 rings (SSSR count). The fraction of sp³-hybridized carbons (Fsp3) is 0.250. The van der Waals surface area contributed by atoms with Gasteiger partial charge < -0.3 is 5.32 Å². The van der Waals surface area contributed by atoms with Crippen LogP contribution in [0.1, 0.15) is 18.4 Å². The van der Waals surface area contributed by atoms with Gasteiger partial charge in [-0.25, -0.2) is 4.98 Å². The zero-order valence-electron chi connectivity index (χ0n) is 8.98. The number of nitrogens with one attached hydrogen (secondary N) is 1. The van der Waals surface area contributed by atoms with E-state index in [-0.39, 0.29) is 0 Å². The standard InChI is InChI=1S/C12H13BrN2S/c1-9(10-5-3-2-4-6-10)7-14-12-15-11(13)8-16-12/h2-6,8-9H,7H2,1H3,(H,14,15). The van der Waals surface area contributed by atoms with Gasteiger partial charge in [0.05, 0.1) is 0 Å². The van der Waals surface area contributed by atoms with Crippen LogP contribution in [0.2, 0.25) is 0 Å². The highest BCUT2D eigenvalue weighted by atomic mass is 79.9. The fourth-order valence-electron chi connectivity index (χ4n) is 1.48. The molecule has 0 fully saturated rings. The molecular formula is C12H13BrN2S. The SMILES string of the molecule is CC(CNc1nc(Br)cs1)c1ccccc1. The fourth-order valence-corrected chi connectivity index (χ4v) is 2.63. The van der Waals surface area contributed by atoms with Crippen LogP contribution in [-0.2, 0) is 0 Å². The normalized spacial score (nSPS) is 12.4. The minimum atomic E-state index is 0.490. The van der Waals surface area contributed by atoms with Crippen molar-refractivity contribution in [1.29, 1.82) is 0 Å². The third-order valence-corrected chi connectivity index (χ3v) is 3.91. The van der Waals surface area contributed by atoms with Crippen molar-refractivity contribution in [1.82, 2.24) is 4.98 Å². The van der Waals surface area contributed by atoms with Crippen molar-refractivity contribution in [2.24, 2.45) is 0 Å². The Hall–Kier alpha value is -0.870. The summed E-state index contributed by atoms with van der Waals surface area (Å²) in [6.07, 6.45) is 0. The lowest BCUT2D eigenvalue weighted by Crippen LogP contribution is -2.09. The molecule has 2 nitrogen and oxygen atoms in total. The van der Waals surface area contributed by atoms with Crippen molar-refractivity contribution < 1.29 is 0 Å². The van der Waals surface area contributed by atoms with Crippen molar-refractivity contribution in [3.8, 4) is 0 Å². The van der Waals surface area contributed by atoms with Crippen LogP contribution >= 0.6 is 27.3 Å². The van der Waals surface area contributed by atoms with E-state index < -0.39 is 0 Å². The quantitative estimate of drug-likeness (QED) is 0.918. The van der Waals surface area contributed by atoms with Gasteiger partial charge in [0.1, 0.15) is 4.60 Å². The molecule has 16 heavy (non-hydrogen) atoms. The number of hydrogen-bond donors (Lipinski definition) is 1. The molecule has 0 spiro atoms. The number of halogens is 1. The summed E-state index contributed by atoms with van der Waals surface area (Å²) in [5.74, 6) is 0.490. The van der Waals surface area contributed by atoms with Crippen molar-refractivity contribution in [3.05, 3.63) is 45.9 Å². The first-order chi connectivity index (χ1) is 7.75. The Labute approximate surface area is 108 Å². The van der Waals surface area contributed by atoms with Crippen LogP contribution in [0.15, 0.2) is 40.3 Å². The monoisotopic (exact) mass is 296 g/mol. The summed E-state index contributed by atoms with van der Waals surface area (Å²) < 4.78 is 0.896. The van der Waals surface area contributed by atoms with Crippen LogP contribution < -0.4 is 5.32 Å². The molecule has 1 aromatic carbocycles. The molecule has 0 saturated heterocycles. The molecule has 0 aliphatic heterocycles. The zero-order valence-corrected chi connectivity index (χ0v) is 11.4. The topological polar surface area (TPSA) is 24.9 Å². The van der Waals surface area contributed by atoms with Gasteiger partial charge in [0.2, 0.25) is 0 Å². The third kappa shape index (κ3) is 3.06. The Morgan fingerprint density at radius 2 is 2.12 bits per heavy atom. The van der Waals surface area contributed by atoms with E-state index in [0.717, 1.165) is 16.3 Å². The minimum absolute atomic E-state index is 0.490. The van der Waals surface area contributed by atoms with Crippen molar-refractivity contribution >= 4 is 32.4 Å². The molecule has 2 aromatic rings. The van der Waals surface area contributed by atoms with Crippen molar-refractivity contribution in [3.63, 3.8) is 0 Å². The van der Waals surface area contributed by atoms with Gasteiger partial charge in [-0.2, -0.15) is 0 Å². The summed E-state index contributed by atoms with van der Waals surface area (Å²) in [5.41, 5.74) is 1.35. The molecule has 0 aliphatic rings. The lowest BCUT2D eigenvalue weighted by molar-refractivity contribution is 0.804. The zero-order chi connectivity index (χ0) is 11.4. The molecule has 1 heterocycles. The predicted molar refractivity (Wildman–Crippen MR) is 73.2 cm³/mol. The first-order valence-corrected chi connectivity index (χ1v) is 6.83. The Bertz CT molecular complexity index is 441. The van der Waals surface area contributed by atoms with E-state index in [1.54, 1.807) is 11.3 Å². The highest BCUT2D eigenvalue weighted by Crippen LogP contribution is 2.21. The average Bonchev–Trinajstić information content (AvgIpc) is 2.73. The summed E-state index contributed by atoms with van der Waals surface area (Å²) in [7, 11) is 0. The van der Waals surface area contributed by atoms with Gasteiger partial charge in [-0.15, -0.1) is 11.3 Å². The Morgan fingerprint density at radius 1 is 1.38 bits per heavy atom. The summed E-state index contributed by atoms with van der Waals surface area (Å²) in [6.45, 7) is 3.12. The van der Waals surface area contributed by atoms with E-state index in [1.165, 1.54) is 5.56 Å². The van der Waals surface area contributed by atoms with Gasteiger partial charge in [0.25, 0.3) is 0 Å². The van der Waals surface area contributed by atoms with E-state index >= 15 is 0 Å². The molecule has 0 saturated carbocycles. The van der Waals surface area contributed by atoms with Gasteiger partial charge in [-0.05, 0) is 27.4 Å². The maximum Gasteiger partial charge on any atom is 0.183 e. The number of anilines is 1. The number of aromatic nitrogens is 1. The van der Waals surface area contributed by atoms with Gasteiger partial charge in [-0.3, -0.25) is 0 Å². The van der Waals surface area contributed by atoms with E-state index in [2.05, 4.69) is 57.4 Å². The highest BCUT2D eigenvalue weighted by molar-refractivity contribution is 9.10. The highest BCUT2D eigenvalue weighted by Gasteiger charge is 2.05. The van der Waals surface area contributed by atoms with E-state index in [0.29, 0.717) is 5.92 Å². The summed E-state index contributed by atoms with van der Waals surface area (Å²) >= 11 is 4.96. The first-order valence-electron chi connectivity index (χ1n) is 5.15. The van der Waals surface area contributed by atoms with Crippen LogP contribution in [0.3, 0.4) is 0 Å². The molecule has 1 aromatic heterocycles. The maximum absolute atomic E-state index is 4.30. The molecular weight excluding hydrogens is 284 g/mol. The molecule has 1 atom stereocenters. The number of nitrogens with zero attached hydrogens (tertiary/aromatic N) is 1. The second kappa shape index (κ2) is 5.46. The molecule has 0 bridgehead atoms. The van der Waals surface area contributed by atoms with Crippen molar-refractivity contribution in [2.45, 2.75) is 12.8 Å². The number of thiazole rings is 1. The first kappa shape index (κ1) is 11.6. The van der Waals surface area contributed by atoms with Gasteiger partial charge in [0, 0.05) is 11.9 Å². The lowest BCUT2D eigenvalue weighted by atomic mass is 10.0. The van der Waals surface area contributed by atoms with E-state index in [9.17, 15) is 0 Å². The predicted octanol–water partition coefficient (Wildman–Crippen LogP) is 4.12. The third-order valence-electron chi connectivity index (χ3n) is 2.40. The van der Waals surface area contributed by atoms with Gasteiger partial charge in [0.15, 0.2) is 5.13 Å². The Morgan fingerprint density at radius 3 is 2.75 bits per heavy atom. The number of hydrogen-bond acceptors (Lipinski definition) is 3. The summed E-state index contributed by atoms with van der Waals surface area (Å²) in [5, 5.41) is 6.29. The molecule has 4 heteroatoms. The second-order valence-electron chi connectivity index (χ2n) is 3.67. The van der Waals surface area contributed by atoms with E-state index in [1.807, 2.05) is 11.4 Å². The molecule has 0 aliphatic carbocycles. The lowest BCUT2D eigenvalue weighted by Gasteiger charge is -2.11. The Balaban J connectivity index is 1.91. The van der Waals surface area contributed by atoms with Crippen LogP contribution in [0.5, 0.6) is 0 Å². The van der Waals surface area contributed by atoms with Gasteiger partial charge in [-0.1, -0.05) is 37.3 Å². The maximum atomic E-state index is 4.30. The second-order valence-corrected chi connectivity index (χ2v) is 5.34. The smallest absolute Gasteiger partial charge is 0.183 e. The van der Waals surface area contributed by atoms with Crippen LogP contribution in [0.25, 0.3) is 0 Å². The minimum Gasteiger partial charge on any atom is -0.361 e. The van der Waals surface area contributed by atoms with E-state index in [4.69, 9.17) is 0 Å². The average molecular weight is 297 g/mol. The molecule has 1 unspecified atom stereocenters. The Kier molecular flexibility index (Phi) is 3.96. The van der Waals surface area contributed by atoms with Gasteiger partial charge >= 0.3 is 0 Å². The largest absolute Gasteiger partial charge is 0.361 e. The summed E-state index contributed by atoms with van der Waals surface area (Å²) in [6, 6.07) is 10.5. The number of rotatable bonds is 4. The van der Waals surface area contributed by atoms with Crippen molar-refractivity contribution in [2.75, 3.05) is 11.9 Å². The molecule has 0 radical (unpaired) electrons. The number of benzene rings is 1. The van der Waals surface area contributed by atoms with Crippen LogP contribution in [0, 0.1) is 0 Å². The van der Waals surface area contributed by atoms with Crippen LogP contribution in [0.4, 0.5) is 5.13 Å². The molecule has 0 amide bonds. The molecule has 1 N–H and O–H groups in total. The van der Waals surface area contributed by atoms with Crippen LogP contribution in [-0.4, -0.2) is 11.5 Å².